The smallest absolute Gasteiger partial charge is 0.280 e. The summed E-state index contributed by atoms with van der Waals surface area (Å²) in [5.41, 5.74) is 1.07. The first-order chi connectivity index (χ1) is 13.5. The zero-order chi connectivity index (χ0) is 20.1. The maximum Gasteiger partial charge on any atom is 0.280 e. The van der Waals surface area contributed by atoms with Gasteiger partial charge in [-0.2, -0.15) is 0 Å². The maximum absolute atomic E-state index is 12.8. The molecule has 0 aliphatic heterocycles. The van der Waals surface area contributed by atoms with Crippen LogP contribution in [0.4, 0.5) is 5.69 Å². The molecule has 3 rings (SSSR count). The summed E-state index contributed by atoms with van der Waals surface area (Å²) in [6.07, 6.45) is 4.62. The monoisotopic (exact) mass is 375 g/mol. The fourth-order valence-corrected chi connectivity index (χ4v) is 2.99. The Morgan fingerprint density at radius 3 is 2.54 bits per heavy atom. The Morgan fingerprint density at radius 1 is 1.14 bits per heavy atom. The van der Waals surface area contributed by atoms with Crippen LogP contribution >= 0.6 is 0 Å². The number of carbonyl (C=O) groups is 1. The van der Waals surface area contributed by atoms with E-state index in [9.17, 15) is 14.9 Å². The summed E-state index contributed by atoms with van der Waals surface area (Å²) < 4.78 is 5.64. The molecule has 0 N–H and O–H groups in total. The molecule has 0 saturated carbocycles. The molecule has 2 aromatic carbocycles. The van der Waals surface area contributed by atoms with E-state index in [0.29, 0.717) is 5.56 Å². The summed E-state index contributed by atoms with van der Waals surface area (Å²) in [5.74, 6) is 1.66. The van der Waals surface area contributed by atoms with E-state index in [1.54, 1.807) is 42.5 Å². The third kappa shape index (κ3) is 4.43. The molecule has 3 aromatic rings. The van der Waals surface area contributed by atoms with Gasteiger partial charge in [-0.25, -0.2) is 0 Å². The Kier molecular flexibility index (Phi) is 5.84. The third-order valence-electron chi connectivity index (χ3n) is 4.54. The highest BCUT2D eigenvalue weighted by Gasteiger charge is 2.21. The molecule has 1 aromatic heterocycles. The molecule has 5 heteroatoms. The number of aryl methyl sites for hydroxylation is 1. The number of rotatable bonds is 7. The number of nitrogens with zero attached hydrogens (tertiary/aromatic N) is 1. The second-order valence-corrected chi connectivity index (χ2v) is 6.72. The van der Waals surface area contributed by atoms with Crippen molar-refractivity contribution in [1.82, 2.24) is 0 Å². The van der Waals surface area contributed by atoms with Crippen molar-refractivity contribution in [2.75, 3.05) is 0 Å². The number of benzene rings is 2. The molecule has 1 unspecified atom stereocenters. The van der Waals surface area contributed by atoms with E-state index in [1.807, 2.05) is 31.2 Å². The SMILES string of the molecule is Cc1ccc(C(C)C/C=C/c2ccc([N+](=O)[O-])c(C(=O)c3ccccc3)c2)o1. The van der Waals surface area contributed by atoms with E-state index in [1.165, 1.54) is 6.07 Å². The van der Waals surface area contributed by atoms with Crippen molar-refractivity contribution >= 4 is 17.5 Å². The van der Waals surface area contributed by atoms with Crippen molar-refractivity contribution in [3.8, 4) is 0 Å². The molecular formula is C23H21NO4. The van der Waals surface area contributed by atoms with Gasteiger partial charge in [-0.3, -0.25) is 14.9 Å². The van der Waals surface area contributed by atoms with Crippen molar-refractivity contribution in [2.45, 2.75) is 26.2 Å². The van der Waals surface area contributed by atoms with Crippen molar-refractivity contribution in [3.05, 3.63) is 105 Å². The molecule has 0 radical (unpaired) electrons. The first-order valence-corrected chi connectivity index (χ1v) is 9.07. The van der Waals surface area contributed by atoms with Crippen LogP contribution in [0.5, 0.6) is 0 Å². The Bertz CT molecular complexity index is 1020. The van der Waals surface area contributed by atoms with Crippen LogP contribution in [0.2, 0.25) is 0 Å². The highest BCUT2D eigenvalue weighted by atomic mass is 16.6. The molecule has 1 heterocycles. The lowest BCUT2D eigenvalue weighted by Gasteiger charge is -2.06. The number of nitro benzene ring substituents is 1. The normalized spacial score (nSPS) is 12.2. The zero-order valence-corrected chi connectivity index (χ0v) is 15.8. The highest BCUT2D eigenvalue weighted by molar-refractivity contribution is 6.11. The van der Waals surface area contributed by atoms with Crippen LogP contribution < -0.4 is 0 Å². The lowest BCUT2D eigenvalue weighted by Crippen LogP contribution is -2.05. The van der Waals surface area contributed by atoms with Crippen LogP contribution in [0.3, 0.4) is 0 Å². The first-order valence-electron chi connectivity index (χ1n) is 9.07. The van der Waals surface area contributed by atoms with Crippen LogP contribution in [0.1, 0.15) is 52.3 Å². The number of nitro groups is 1. The molecule has 28 heavy (non-hydrogen) atoms. The lowest BCUT2D eigenvalue weighted by atomic mass is 9.98. The molecule has 142 valence electrons. The molecule has 0 spiro atoms. The van der Waals surface area contributed by atoms with Gasteiger partial charge in [0.15, 0.2) is 5.78 Å². The van der Waals surface area contributed by atoms with Crippen molar-refractivity contribution in [3.63, 3.8) is 0 Å². The van der Waals surface area contributed by atoms with Gasteiger partial charge in [0.2, 0.25) is 0 Å². The van der Waals surface area contributed by atoms with Gasteiger partial charge in [0.1, 0.15) is 17.1 Å². The molecule has 0 bridgehead atoms. The summed E-state index contributed by atoms with van der Waals surface area (Å²) in [4.78, 5) is 23.6. The van der Waals surface area contributed by atoms with E-state index in [4.69, 9.17) is 4.42 Å². The third-order valence-corrected chi connectivity index (χ3v) is 4.54. The quantitative estimate of drug-likeness (QED) is 0.291. The van der Waals surface area contributed by atoms with Crippen LogP contribution in [-0.4, -0.2) is 10.7 Å². The summed E-state index contributed by atoms with van der Waals surface area (Å²) in [7, 11) is 0. The van der Waals surface area contributed by atoms with Gasteiger partial charge in [0.05, 0.1) is 4.92 Å². The summed E-state index contributed by atoms with van der Waals surface area (Å²) in [6.45, 7) is 3.98. The van der Waals surface area contributed by atoms with E-state index >= 15 is 0 Å². The molecule has 0 amide bonds. The van der Waals surface area contributed by atoms with Crippen LogP contribution in [0.15, 0.2) is 71.2 Å². The maximum atomic E-state index is 12.8. The minimum atomic E-state index is -0.523. The van der Waals surface area contributed by atoms with E-state index < -0.39 is 4.92 Å². The average Bonchev–Trinajstić information content (AvgIpc) is 3.14. The minimum absolute atomic E-state index is 0.0908. The van der Waals surface area contributed by atoms with Crippen LogP contribution in [-0.2, 0) is 0 Å². The molecule has 0 aliphatic carbocycles. The van der Waals surface area contributed by atoms with Gasteiger partial charge >= 0.3 is 0 Å². The number of allylic oxidation sites excluding steroid dienone is 1. The van der Waals surface area contributed by atoms with E-state index in [0.717, 1.165) is 23.5 Å². The fraction of sp³-hybridized carbons (Fsp3) is 0.174. The molecule has 5 nitrogen and oxygen atoms in total. The number of hydrogen-bond acceptors (Lipinski definition) is 4. The number of ketones is 1. The summed E-state index contributed by atoms with van der Waals surface area (Å²) in [6, 6.07) is 17.1. The van der Waals surface area contributed by atoms with Gasteiger partial charge < -0.3 is 4.42 Å². The minimum Gasteiger partial charge on any atom is -0.466 e. The Morgan fingerprint density at radius 2 is 1.89 bits per heavy atom. The van der Waals surface area contributed by atoms with E-state index in [-0.39, 0.29) is 23.0 Å². The average molecular weight is 375 g/mol. The number of hydrogen-bond donors (Lipinski definition) is 0. The largest absolute Gasteiger partial charge is 0.466 e. The second kappa shape index (κ2) is 8.48. The Balaban J connectivity index is 1.82. The van der Waals surface area contributed by atoms with Crippen LogP contribution in [0.25, 0.3) is 6.08 Å². The van der Waals surface area contributed by atoms with E-state index in [2.05, 4.69) is 6.92 Å². The Labute approximate surface area is 163 Å². The van der Waals surface area contributed by atoms with Gasteiger partial charge in [0.25, 0.3) is 5.69 Å². The topological polar surface area (TPSA) is 73.3 Å². The molecule has 1 atom stereocenters. The summed E-state index contributed by atoms with van der Waals surface area (Å²) in [5, 5.41) is 11.4. The fourth-order valence-electron chi connectivity index (χ4n) is 2.99. The van der Waals surface area contributed by atoms with Gasteiger partial charge in [-0.1, -0.05) is 49.4 Å². The highest BCUT2D eigenvalue weighted by Crippen LogP contribution is 2.25. The first kappa shape index (κ1) is 19.3. The molecule has 0 saturated heterocycles. The molecule has 0 aliphatic rings. The standard InChI is InChI=1S/C23H21NO4/c1-16(22-14-11-17(2)28-22)7-6-8-18-12-13-21(24(26)27)20(15-18)23(25)19-9-4-3-5-10-19/h3-6,8-16H,7H2,1-2H3/b8-6+. The predicted octanol–water partition coefficient (Wildman–Crippen LogP) is 5.93. The van der Waals surface area contributed by atoms with Crippen molar-refractivity contribution < 1.29 is 14.1 Å². The number of carbonyl (C=O) groups excluding carboxylic acids is 1. The number of furan rings is 1. The predicted molar refractivity (Wildman–Crippen MR) is 108 cm³/mol. The summed E-state index contributed by atoms with van der Waals surface area (Å²) >= 11 is 0. The molecule has 0 fully saturated rings. The second-order valence-electron chi connectivity index (χ2n) is 6.72. The van der Waals surface area contributed by atoms with Crippen molar-refractivity contribution in [1.29, 1.82) is 0 Å². The zero-order valence-electron chi connectivity index (χ0n) is 15.8. The van der Waals surface area contributed by atoms with Gasteiger partial charge in [0, 0.05) is 17.5 Å². The molecular weight excluding hydrogens is 354 g/mol. The van der Waals surface area contributed by atoms with Crippen LogP contribution in [0, 0.1) is 17.0 Å². The van der Waals surface area contributed by atoms with Gasteiger partial charge in [-0.05, 0) is 43.2 Å². The van der Waals surface area contributed by atoms with Crippen molar-refractivity contribution in [2.24, 2.45) is 0 Å². The van der Waals surface area contributed by atoms with Gasteiger partial charge in [-0.15, -0.1) is 0 Å². The Hall–Kier alpha value is -3.47. The lowest BCUT2D eigenvalue weighted by molar-refractivity contribution is -0.385.